The summed E-state index contributed by atoms with van der Waals surface area (Å²) in [5.74, 6) is 0. The van der Waals surface area contributed by atoms with Crippen molar-refractivity contribution in [2.24, 2.45) is 0 Å². The van der Waals surface area contributed by atoms with Crippen molar-refractivity contribution >= 4 is 33.6 Å². The van der Waals surface area contributed by atoms with Crippen LogP contribution in [0.5, 0.6) is 0 Å². The van der Waals surface area contributed by atoms with E-state index in [2.05, 4.69) is 14.8 Å². The summed E-state index contributed by atoms with van der Waals surface area (Å²) < 4.78 is 3.12. The first kappa shape index (κ1) is 15.6. The summed E-state index contributed by atoms with van der Waals surface area (Å²) in [6.07, 6.45) is 2.03. The molecule has 0 saturated carbocycles. The Kier molecular flexibility index (Phi) is 4.35. The summed E-state index contributed by atoms with van der Waals surface area (Å²) in [5.41, 5.74) is 3.02. The van der Waals surface area contributed by atoms with Crippen molar-refractivity contribution in [3.05, 3.63) is 57.0 Å². The Labute approximate surface area is 129 Å². The molecule has 0 unspecified atom stereocenters. The predicted molar refractivity (Wildman–Crippen MR) is 89.5 cm³/mol. The average Bonchev–Trinajstić information content (AvgIpc) is 2.28. The molecule has 0 amide bonds. The number of pyridine rings is 1. The molecule has 20 heavy (non-hydrogen) atoms. The molecule has 0 N–H and O–H groups in total. The Bertz CT molecular complexity index is 690. The molecule has 106 valence electrons. The molecule has 0 atom stereocenters. The zero-order valence-corrected chi connectivity index (χ0v) is 16.2. The molecule has 0 aliphatic heterocycles. The Morgan fingerprint density at radius 3 is 2.10 bits per heavy atom. The van der Waals surface area contributed by atoms with Gasteiger partial charge in [-0.1, -0.05) is 0 Å². The monoisotopic (exact) mass is 397 g/mol. The third kappa shape index (κ3) is 3.12. The third-order valence-corrected chi connectivity index (χ3v) is 9.48. The molecule has 1 aromatic carbocycles. The second-order valence-electron chi connectivity index (χ2n) is 6.26. The Morgan fingerprint density at radius 1 is 1.05 bits per heavy atom. The molecule has 0 aliphatic carbocycles. The quantitative estimate of drug-likeness (QED) is 0.711. The number of halogens is 1. The first-order valence-corrected chi connectivity index (χ1v) is 17.1. The minimum atomic E-state index is -2.20. The summed E-state index contributed by atoms with van der Waals surface area (Å²) in [6.45, 7) is 3.99. The van der Waals surface area contributed by atoms with E-state index in [-0.39, 0.29) is 5.56 Å². The van der Waals surface area contributed by atoms with E-state index in [1.165, 1.54) is 3.58 Å². The first-order valence-electron chi connectivity index (χ1n) is 6.70. The van der Waals surface area contributed by atoms with Crippen LogP contribution in [0.3, 0.4) is 0 Å². The second-order valence-corrected chi connectivity index (χ2v) is 21.2. The fraction of sp³-hybridized carbons (Fsp3) is 0.312. The van der Waals surface area contributed by atoms with E-state index in [1.54, 1.807) is 10.6 Å². The van der Waals surface area contributed by atoms with Crippen LogP contribution in [0.15, 0.2) is 35.3 Å². The van der Waals surface area contributed by atoms with Gasteiger partial charge in [-0.15, -0.1) is 0 Å². The zero-order chi connectivity index (χ0) is 15.1. The van der Waals surface area contributed by atoms with Gasteiger partial charge in [-0.25, -0.2) is 0 Å². The van der Waals surface area contributed by atoms with Crippen LogP contribution in [0.2, 0.25) is 19.8 Å². The SMILES string of the molecule is Cc1cc(Cl)cc(C)c1-n1c[c]([Sn]([CH3])([CH3])[CH3])ccc1=O. The van der Waals surface area contributed by atoms with Gasteiger partial charge in [-0.3, -0.25) is 0 Å². The van der Waals surface area contributed by atoms with Gasteiger partial charge in [-0.2, -0.15) is 0 Å². The van der Waals surface area contributed by atoms with Gasteiger partial charge in [0.1, 0.15) is 0 Å². The van der Waals surface area contributed by atoms with E-state index in [4.69, 9.17) is 11.6 Å². The van der Waals surface area contributed by atoms with Gasteiger partial charge in [0.05, 0.1) is 0 Å². The van der Waals surface area contributed by atoms with E-state index >= 15 is 0 Å². The summed E-state index contributed by atoms with van der Waals surface area (Å²) in [4.78, 5) is 19.3. The van der Waals surface area contributed by atoms with E-state index in [9.17, 15) is 4.79 Å². The van der Waals surface area contributed by atoms with Crippen molar-refractivity contribution in [3.63, 3.8) is 0 Å². The van der Waals surface area contributed by atoms with Gasteiger partial charge in [-0.05, 0) is 0 Å². The molecule has 2 nitrogen and oxygen atoms in total. The molecule has 0 saturated heterocycles. The number of rotatable bonds is 2. The molecule has 0 aliphatic rings. The zero-order valence-electron chi connectivity index (χ0n) is 12.6. The molecule has 2 aromatic rings. The van der Waals surface area contributed by atoms with Crippen molar-refractivity contribution in [3.8, 4) is 5.69 Å². The normalized spacial score (nSPS) is 11.7. The number of benzene rings is 1. The molecule has 1 heterocycles. The molecule has 4 heteroatoms. The van der Waals surface area contributed by atoms with Crippen LogP contribution in [-0.4, -0.2) is 22.9 Å². The van der Waals surface area contributed by atoms with Crippen molar-refractivity contribution in [2.75, 3.05) is 0 Å². The van der Waals surface area contributed by atoms with Crippen LogP contribution >= 0.6 is 11.6 Å². The van der Waals surface area contributed by atoms with E-state index in [0.717, 1.165) is 16.8 Å². The topological polar surface area (TPSA) is 22.0 Å². The minimum absolute atomic E-state index is 0.0119. The number of hydrogen-bond acceptors (Lipinski definition) is 1. The summed E-state index contributed by atoms with van der Waals surface area (Å²) in [5, 5.41) is 0.711. The van der Waals surface area contributed by atoms with Crippen LogP contribution in [0, 0.1) is 13.8 Å². The fourth-order valence-corrected chi connectivity index (χ4v) is 5.85. The standard InChI is InChI=1S/C13H11ClNO.3CH3.Sn/c1-9-7-11(14)8-10(2)13(9)15-6-4-3-5-12(15)16;;;;/h3,5-8H,1-2H3;3*1H3;. The van der Waals surface area contributed by atoms with Crippen LogP contribution in [0.25, 0.3) is 5.69 Å². The summed E-state index contributed by atoms with van der Waals surface area (Å²) in [7, 11) is 0. The van der Waals surface area contributed by atoms with Gasteiger partial charge >= 0.3 is 129 Å². The number of nitrogens with zero attached hydrogens (tertiary/aromatic N) is 1. The van der Waals surface area contributed by atoms with E-state index in [0.29, 0.717) is 5.02 Å². The van der Waals surface area contributed by atoms with Crippen molar-refractivity contribution in [1.29, 1.82) is 0 Å². The molecule has 1 aromatic heterocycles. The van der Waals surface area contributed by atoms with Gasteiger partial charge < -0.3 is 0 Å². The molecule has 0 spiro atoms. The third-order valence-electron chi connectivity index (χ3n) is 3.47. The molecule has 0 radical (unpaired) electrons. The van der Waals surface area contributed by atoms with Crippen molar-refractivity contribution in [1.82, 2.24) is 4.57 Å². The molecular formula is C16H20ClNOSn. The van der Waals surface area contributed by atoms with Crippen molar-refractivity contribution < 1.29 is 0 Å². The molecule has 0 bridgehead atoms. The maximum absolute atomic E-state index is 12.2. The maximum atomic E-state index is 12.2. The van der Waals surface area contributed by atoms with Gasteiger partial charge in [0.2, 0.25) is 0 Å². The fourth-order valence-electron chi connectivity index (χ4n) is 2.39. The molecule has 0 fully saturated rings. The number of hydrogen-bond donors (Lipinski definition) is 0. The summed E-state index contributed by atoms with van der Waals surface area (Å²) in [6, 6.07) is 7.49. The van der Waals surface area contributed by atoms with Crippen LogP contribution in [0.4, 0.5) is 0 Å². The first-order chi connectivity index (χ1) is 9.20. The number of aryl methyl sites for hydroxylation is 2. The Morgan fingerprint density at radius 2 is 1.60 bits per heavy atom. The predicted octanol–water partition coefficient (Wildman–Crippen LogP) is 3.65. The van der Waals surface area contributed by atoms with E-state index < -0.39 is 18.4 Å². The van der Waals surface area contributed by atoms with Crippen LogP contribution in [-0.2, 0) is 0 Å². The Hall–Kier alpha value is -0.741. The van der Waals surface area contributed by atoms with Crippen LogP contribution in [0.1, 0.15) is 11.1 Å². The van der Waals surface area contributed by atoms with Gasteiger partial charge in [0.25, 0.3) is 0 Å². The van der Waals surface area contributed by atoms with Crippen LogP contribution < -0.4 is 9.14 Å². The molecule has 2 rings (SSSR count). The van der Waals surface area contributed by atoms with Crippen molar-refractivity contribution in [2.45, 2.75) is 28.7 Å². The second kappa shape index (κ2) is 5.57. The van der Waals surface area contributed by atoms with Gasteiger partial charge in [0, 0.05) is 0 Å². The Balaban J connectivity index is 2.73. The number of aromatic nitrogens is 1. The molecular weight excluding hydrogens is 376 g/mol. The summed E-state index contributed by atoms with van der Waals surface area (Å²) >= 11 is 3.88. The van der Waals surface area contributed by atoms with E-state index in [1.807, 2.05) is 38.2 Å². The average molecular weight is 397 g/mol. The van der Waals surface area contributed by atoms with Gasteiger partial charge in [0.15, 0.2) is 0 Å².